The van der Waals surface area contributed by atoms with Crippen molar-refractivity contribution < 1.29 is 9.53 Å². The molecular formula is C18H17N3O2S2. The van der Waals surface area contributed by atoms with E-state index in [4.69, 9.17) is 4.74 Å². The molecule has 128 valence electrons. The predicted octanol–water partition coefficient (Wildman–Crippen LogP) is 4.02. The topological polar surface area (TPSA) is 64.1 Å². The van der Waals surface area contributed by atoms with Crippen LogP contribution in [0.15, 0.2) is 58.9 Å². The first-order valence-electron chi connectivity index (χ1n) is 7.66. The van der Waals surface area contributed by atoms with Crippen molar-refractivity contribution in [2.24, 2.45) is 0 Å². The molecule has 0 fully saturated rings. The molecule has 0 bridgehead atoms. The molecule has 7 heteroatoms. The summed E-state index contributed by atoms with van der Waals surface area (Å²) in [5, 5.41) is 11.5. The molecule has 1 aromatic heterocycles. The first-order valence-corrected chi connectivity index (χ1v) is 9.46. The summed E-state index contributed by atoms with van der Waals surface area (Å²) in [5.41, 5.74) is 2.15. The highest BCUT2D eigenvalue weighted by atomic mass is 32.2. The summed E-state index contributed by atoms with van der Waals surface area (Å²) in [7, 11) is 1.62. The SMILES string of the molecule is COc1ccc(CC(=O)Nc2nnc(SCc3ccccc3)s2)cc1. The quantitative estimate of drug-likeness (QED) is 0.502. The lowest BCUT2D eigenvalue weighted by Gasteiger charge is -2.03. The highest BCUT2D eigenvalue weighted by Gasteiger charge is 2.09. The molecule has 3 aromatic rings. The third-order valence-electron chi connectivity index (χ3n) is 3.38. The molecule has 1 heterocycles. The van der Waals surface area contributed by atoms with Crippen LogP contribution in [0, 0.1) is 0 Å². The Morgan fingerprint density at radius 1 is 1.08 bits per heavy atom. The summed E-state index contributed by atoms with van der Waals surface area (Å²) in [4.78, 5) is 12.1. The summed E-state index contributed by atoms with van der Waals surface area (Å²) in [5.74, 6) is 1.49. The van der Waals surface area contributed by atoms with E-state index in [1.807, 2.05) is 42.5 Å². The minimum absolute atomic E-state index is 0.110. The van der Waals surface area contributed by atoms with Crippen LogP contribution in [0.25, 0.3) is 0 Å². The Morgan fingerprint density at radius 2 is 1.84 bits per heavy atom. The average Bonchev–Trinajstić information content (AvgIpc) is 3.08. The summed E-state index contributed by atoms with van der Waals surface area (Å²) >= 11 is 3.00. The van der Waals surface area contributed by atoms with E-state index in [0.717, 1.165) is 21.4 Å². The van der Waals surface area contributed by atoms with Crippen molar-refractivity contribution in [1.29, 1.82) is 0 Å². The Morgan fingerprint density at radius 3 is 2.56 bits per heavy atom. The van der Waals surface area contributed by atoms with E-state index in [2.05, 4.69) is 27.6 Å². The fraction of sp³-hybridized carbons (Fsp3) is 0.167. The number of benzene rings is 2. The number of aromatic nitrogens is 2. The van der Waals surface area contributed by atoms with Gasteiger partial charge in [0.2, 0.25) is 11.0 Å². The zero-order valence-electron chi connectivity index (χ0n) is 13.6. The summed E-state index contributed by atoms with van der Waals surface area (Å²) in [6.45, 7) is 0. The van der Waals surface area contributed by atoms with Gasteiger partial charge < -0.3 is 10.1 Å². The van der Waals surface area contributed by atoms with E-state index in [1.54, 1.807) is 18.9 Å². The number of thioether (sulfide) groups is 1. The van der Waals surface area contributed by atoms with Crippen LogP contribution in [0.5, 0.6) is 5.75 Å². The first-order chi connectivity index (χ1) is 12.2. The Bertz CT molecular complexity index is 820. The number of hydrogen-bond donors (Lipinski definition) is 1. The van der Waals surface area contributed by atoms with Gasteiger partial charge in [0.25, 0.3) is 0 Å². The molecule has 0 saturated heterocycles. The molecule has 0 aliphatic carbocycles. The number of nitrogens with zero attached hydrogens (tertiary/aromatic N) is 2. The number of hydrogen-bond acceptors (Lipinski definition) is 6. The van der Waals surface area contributed by atoms with E-state index in [1.165, 1.54) is 16.9 Å². The molecule has 0 aliphatic heterocycles. The molecule has 0 saturated carbocycles. The van der Waals surface area contributed by atoms with Crippen LogP contribution in [0.3, 0.4) is 0 Å². The molecule has 25 heavy (non-hydrogen) atoms. The number of carbonyl (C=O) groups excluding carboxylic acids is 1. The van der Waals surface area contributed by atoms with Crippen molar-refractivity contribution in [3.8, 4) is 5.75 Å². The van der Waals surface area contributed by atoms with Gasteiger partial charge in [0.1, 0.15) is 5.75 Å². The summed E-state index contributed by atoms with van der Waals surface area (Å²) < 4.78 is 5.94. The summed E-state index contributed by atoms with van der Waals surface area (Å²) in [6.07, 6.45) is 0.288. The van der Waals surface area contributed by atoms with Crippen LogP contribution >= 0.6 is 23.1 Å². The van der Waals surface area contributed by atoms with E-state index < -0.39 is 0 Å². The highest BCUT2D eigenvalue weighted by Crippen LogP contribution is 2.28. The molecule has 2 aromatic carbocycles. The van der Waals surface area contributed by atoms with Crippen LogP contribution < -0.4 is 10.1 Å². The second kappa shape index (κ2) is 8.64. The highest BCUT2D eigenvalue weighted by molar-refractivity contribution is 8.00. The number of methoxy groups -OCH3 is 1. The van der Waals surface area contributed by atoms with Crippen molar-refractivity contribution in [3.05, 3.63) is 65.7 Å². The minimum Gasteiger partial charge on any atom is -0.497 e. The molecule has 1 N–H and O–H groups in total. The second-order valence-corrected chi connectivity index (χ2v) is 7.42. The fourth-order valence-electron chi connectivity index (χ4n) is 2.13. The third-order valence-corrected chi connectivity index (χ3v) is 5.42. The summed E-state index contributed by atoms with van der Waals surface area (Å²) in [6, 6.07) is 17.6. The number of ether oxygens (including phenoxy) is 1. The molecule has 0 spiro atoms. The number of anilines is 1. The zero-order chi connectivity index (χ0) is 17.5. The fourth-order valence-corrected chi connectivity index (χ4v) is 3.85. The number of carbonyl (C=O) groups is 1. The Balaban J connectivity index is 1.50. The van der Waals surface area contributed by atoms with Crippen molar-refractivity contribution >= 4 is 34.1 Å². The largest absolute Gasteiger partial charge is 0.497 e. The average molecular weight is 371 g/mol. The van der Waals surface area contributed by atoms with E-state index >= 15 is 0 Å². The standard InChI is InChI=1S/C18H17N3O2S2/c1-23-15-9-7-13(8-10-15)11-16(22)19-17-20-21-18(25-17)24-12-14-5-3-2-4-6-14/h2-10H,11-12H2,1H3,(H,19,20,22). The first kappa shape index (κ1) is 17.4. The molecule has 0 aliphatic rings. The van der Waals surface area contributed by atoms with Gasteiger partial charge in [-0.25, -0.2) is 0 Å². The lowest BCUT2D eigenvalue weighted by Crippen LogP contribution is -2.14. The smallest absolute Gasteiger partial charge is 0.230 e. The lowest BCUT2D eigenvalue weighted by atomic mass is 10.1. The lowest BCUT2D eigenvalue weighted by molar-refractivity contribution is -0.115. The van der Waals surface area contributed by atoms with Crippen molar-refractivity contribution in [2.75, 3.05) is 12.4 Å². The monoisotopic (exact) mass is 371 g/mol. The van der Waals surface area contributed by atoms with Crippen LogP contribution in [0.2, 0.25) is 0 Å². The van der Waals surface area contributed by atoms with Gasteiger partial charge >= 0.3 is 0 Å². The normalized spacial score (nSPS) is 10.4. The molecule has 0 atom stereocenters. The molecule has 0 radical (unpaired) electrons. The Hall–Kier alpha value is -2.38. The van der Waals surface area contributed by atoms with Gasteiger partial charge in [0.05, 0.1) is 13.5 Å². The van der Waals surface area contributed by atoms with Crippen molar-refractivity contribution in [3.63, 3.8) is 0 Å². The second-order valence-electron chi connectivity index (χ2n) is 5.22. The van der Waals surface area contributed by atoms with Crippen molar-refractivity contribution in [1.82, 2.24) is 10.2 Å². The van der Waals surface area contributed by atoms with E-state index in [9.17, 15) is 4.79 Å². The van der Waals surface area contributed by atoms with Gasteiger partial charge in [-0.3, -0.25) is 4.79 Å². The van der Waals surface area contributed by atoms with Crippen LogP contribution in [-0.4, -0.2) is 23.2 Å². The van der Waals surface area contributed by atoms with E-state index in [0.29, 0.717) is 5.13 Å². The number of rotatable bonds is 7. The molecular weight excluding hydrogens is 354 g/mol. The molecule has 5 nitrogen and oxygen atoms in total. The van der Waals surface area contributed by atoms with E-state index in [-0.39, 0.29) is 12.3 Å². The van der Waals surface area contributed by atoms with Crippen LogP contribution in [0.4, 0.5) is 5.13 Å². The van der Waals surface area contributed by atoms with Gasteiger partial charge in [0, 0.05) is 5.75 Å². The predicted molar refractivity (Wildman–Crippen MR) is 101 cm³/mol. The van der Waals surface area contributed by atoms with Crippen LogP contribution in [-0.2, 0) is 17.0 Å². The van der Waals surface area contributed by atoms with Gasteiger partial charge in [-0.1, -0.05) is 65.6 Å². The molecule has 3 rings (SSSR count). The van der Waals surface area contributed by atoms with Gasteiger partial charge in [-0.2, -0.15) is 0 Å². The van der Waals surface area contributed by atoms with Crippen molar-refractivity contribution in [2.45, 2.75) is 16.5 Å². The maximum Gasteiger partial charge on any atom is 0.230 e. The molecule has 1 amide bonds. The number of amides is 1. The van der Waals surface area contributed by atoms with Gasteiger partial charge in [0.15, 0.2) is 4.34 Å². The number of nitrogens with one attached hydrogen (secondary N) is 1. The third kappa shape index (κ3) is 5.30. The van der Waals surface area contributed by atoms with Gasteiger partial charge in [-0.15, -0.1) is 10.2 Å². The minimum atomic E-state index is -0.110. The zero-order valence-corrected chi connectivity index (χ0v) is 15.3. The molecule has 0 unspecified atom stereocenters. The Labute approximate surface area is 154 Å². The van der Waals surface area contributed by atoms with Gasteiger partial charge in [-0.05, 0) is 23.3 Å². The van der Waals surface area contributed by atoms with Crippen LogP contribution in [0.1, 0.15) is 11.1 Å². The maximum atomic E-state index is 12.1. The maximum absolute atomic E-state index is 12.1. The Kier molecular flexibility index (Phi) is 6.03.